The molecule has 0 aliphatic carbocycles. The van der Waals surface area contributed by atoms with Gasteiger partial charge >= 0.3 is 0 Å². The third-order valence-electron chi connectivity index (χ3n) is 3.66. The van der Waals surface area contributed by atoms with Crippen LogP contribution in [0.5, 0.6) is 0 Å². The summed E-state index contributed by atoms with van der Waals surface area (Å²) in [5.41, 5.74) is 2.81. The van der Waals surface area contributed by atoms with Crippen LogP contribution in [0.3, 0.4) is 0 Å². The number of benzene rings is 2. The molecule has 1 aromatic heterocycles. The molecule has 0 aliphatic heterocycles. The molecule has 2 aromatic carbocycles. The number of anilines is 1. The quantitative estimate of drug-likeness (QED) is 0.710. The molecule has 3 aromatic rings. The van der Waals surface area contributed by atoms with Crippen molar-refractivity contribution < 1.29 is 4.39 Å². The minimum atomic E-state index is -0.508. The van der Waals surface area contributed by atoms with Gasteiger partial charge in [-0.15, -0.1) is 11.3 Å². The van der Waals surface area contributed by atoms with Crippen molar-refractivity contribution in [3.05, 3.63) is 87.4 Å². The summed E-state index contributed by atoms with van der Waals surface area (Å²) in [5.74, 6) is -0.508. The molecule has 0 saturated heterocycles. The molecule has 1 atom stereocenters. The first-order valence-corrected chi connectivity index (χ1v) is 8.12. The Morgan fingerprint density at radius 2 is 1.87 bits per heavy atom. The van der Waals surface area contributed by atoms with Gasteiger partial charge in [-0.05, 0) is 36.1 Å². The highest BCUT2D eigenvalue weighted by atomic mass is 32.1. The number of nitrogens with zero attached hydrogens (tertiary/aromatic N) is 1. The van der Waals surface area contributed by atoms with Crippen LogP contribution in [0.1, 0.15) is 27.6 Å². The Morgan fingerprint density at radius 1 is 1.09 bits per heavy atom. The van der Waals surface area contributed by atoms with Crippen molar-refractivity contribution in [1.29, 1.82) is 5.26 Å². The summed E-state index contributed by atoms with van der Waals surface area (Å²) in [6.07, 6.45) is 0. The zero-order valence-corrected chi connectivity index (χ0v) is 13.4. The van der Waals surface area contributed by atoms with Crippen LogP contribution in [0.2, 0.25) is 0 Å². The van der Waals surface area contributed by atoms with Gasteiger partial charge in [0.05, 0.1) is 11.7 Å². The van der Waals surface area contributed by atoms with Crippen LogP contribution in [0.4, 0.5) is 10.1 Å². The average molecular weight is 322 g/mol. The predicted molar refractivity (Wildman–Crippen MR) is 92.1 cm³/mol. The molecule has 0 radical (unpaired) electrons. The number of aryl methyl sites for hydroxylation is 1. The molecule has 0 amide bonds. The first-order valence-electron chi connectivity index (χ1n) is 7.24. The molecule has 4 heteroatoms. The van der Waals surface area contributed by atoms with E-state index < -0.39 is 5.82 Å². The van der Waals surface area contributed by atoms with Crippen LogP contribution in [0.15, 0.2) is 60.0 Å². The van der Waals surface area contributed by atoms with Gasteiger partial charge in [0.15, 0.2) is 0 Å². The summed E-state index contributed by atoms with van der Waals surface area (Å²) >= 11 is 1.63. The van der Waals surface area contributed by atoms with Gasteiger partial charge in [-0.1, -0.05) is 42.0 Å². The lowest BCUT2D eigenvalue weighted by atomic mass is 10.0. The van der Waals surface area contributed by atoms with Gasteiger partial charge in [0, 0.05) is 4.88 Å². The minimum Gasteiger partial charge on any atom is -0.372 e. The van der Waals surface area contributed by atoms with Crippen molar-refractivity contribution >= 4 is 17.0 Å². The molecule has 0 bridgehead atoms. The topological polar surface area (TPSA) is 35.8 Å². The van der Waals surface area contributed by atoms with Gasteiger partial charge < -0.3 is 5.32 Å². The van der Waals surface area contributed by atoms with Crippen molar-refractivity contribution in [1.82, 2.24) is 0 Å². The molecule has 0 spiro atoms. The summed E-state index contributed by atoms with van der Waals surface area (Å²) in [6.45, 7) is 2.04. The lowest BCUT2D eigenvalue weighted by Gasteiger charge is -2.20. The van der Waals surface area contributed by atoms with Crippen molar-refractivity contribution in [2.45, 2.75) is 13.0 Å². The number of halogens is 1. The van der Waals surface area contributed by atoms with Crippen molar-refractivity contribution in [2.75, 3.05) is 5.32 Å². The Bertz CT molecular complexity index is 833. The predicted octanol–water partition coefficient (Wildman–Crippen LogP) is 5.27. The Balaban J connectivity index is 2.03. The summed E-state index contributed by atoms with van der Waals surface area (Å²) in [5, 5.41) is 14.6. The van der Waals surface area contributed by atoms with Crippen molar-refractivity contribution in [3.63, 3.8) is 0 Å². The average Bonchev–Trinajstić information content (AvgIpc) is 3.08. The molecule has 0 fully saturated rings. The normalized spacial score (nSPS) is 11.7. The number of hydrogen-bond donors (Lipinski definition) is 1. The standard InChI is InChI=1S/C19H15FN2S/c1-13-7-9-14(10-8-13)19(18-6-3-11-23-18)22-17-5-2-4-16(20)15(17)12-21/h2-11,19,22H,1H3/t19-/m0/s1. The second kappa shape index (κ2) is 6.64. The number of nitriles is 1. The van der Waals surface area contributed by atoms with Gasteiger partial charge in [-0.3, -0.25) is 0 Å². The molecule has 0 unspecified atom stereocenters. The van der Waals surface area contributed by atoms with Gasteiger partial charge in [-0.2, -0.15) is 5.26 Å². The molecule has 1 heterocycles. The van der Waals surface area contributed by atoms with Crippen molar-refractivity contribution in [2.24, 2.45) is 0 Å². The molecule has 3 rings (SSSR count). The Labute approximate surface area is 138 Å². The molecular formula is C19H15FN2S. The molecule has 1 N–H and O–H groups in total. The van der Waals surface area contributed by atoms with E-state index in [9.17, 15) is 9.65 Å². The van der Waals surface area contributed by atoms with Crippen LogP contribution in [-0.2, 0) is 0 Å². The van der Waals surface area contributed by atoms with E-state index in [1.165, 1.54) is 11.6 Å². The Morgan fingerprint density at radius 3 is 2.52 bits per heavy atom. The maximum absolute atomic E-state index is 13.8. The van der Waals surface area contributed by atoms with E-state index in [-0.39, 0.29) is 11.6 Å². The van der Waals surface area contributed by atoms with E-state index >= 15 is 0 Å². The number of nitrogens with one attached hydrogen (secondary N) is 1. The Kier molecular flexibility index (Phi) is 4.40. The van der Waals surface area contributed by atoms with Crippen LogP contribution in [-0.4, -0.2) is 0 Å². The maximum Gasteiger partial charge on any atom is 0.143 e. The van der Waals surface area contributed by atoms with Crippen LogP contribution in [0.25, 0.3) is 0 Å². The first kappa shape index (κ1) is 15.3. The molecule has 2 nitrogen and oxygen atoms in total. The Hall–Kier alpha value is -2.64. The highest BCUT2D eigenvalue weighted by Crippen LogP contribution is 2.31. The van der Waals surface area contributed by atoms with E-state index in [0.29, 0.717) is 5.69 Å². The van der Waals surface area contributed by atoms with Gasteiger partial charge in [0.2, 0.25) is 0 Å². The fourth-order valence-corrected chi connectivity index (χ4v) is 3.25. The maximum atomic E-state index is 13.8. The van der Waals surface area contributed by atoms with E-state index in [4.69, 9.17) is 0 Å². The van der Waals surface area contributed by atoms with E-state index in [0.717, 1.165) is 10.4 Å². The van der Waals surface area contributed by atoms with Gasteiger partial charge in [0.1, 0.15) is 17.4 Å². The monoisotopic (exact) mass is 322 g/mol. The molecule has 23 heavy (non-hydrogen) atoms. The fourth-order valence-electron chi connectivity index (χ4n) is 2.45. The number of rotatable bonds is 4. The highest BCUT2D eigenvalue weighted by molar-refractivity contribution is 7.10. The summed E-state index contributed by atoms with van der Waals surface area (Å²) in [7, 11) is 0. The smallest absolute Gasteiger partial charge is 0.143 e. The van der Waals surface area contributed by atoms with Crippen molar-refractivity contribution in [3.8, 4) is 6.07 Å². The fraction of sp³-hybridized carbons (Fsp3) is 0.105. The molecule has 0 aliphatic rings. The van der Waals surface area contributed by atoms with Gasteiger partial charge in [0.25, 0.3) is 0 Å². The van der Waals surface area contributed by atoms with Crippen LogP contribution >= 0.6 is 11.3 Å². The largest absolute Gasteiger partial charge is 0.372 e. The van der Waals surface area contributed by atoms with Crippen LogP contribution < -0.4 is 5.32 Å². The van der Waals surface area contributed by atoms with Gasteiger partial charge in [-0.25, -0.2) is 4.39 Å². The third-order valence-corrected chi connectivity index (χ3v) is 4.60. The molecule has 114 valence electrons. The second-order valence-corrected chi connectivity index (χ2v) is 6.26. The van der Waals surface area contributed by atoms with E-state index in [2.05, 4.69) is 29.6 Å². The zero-order valence-electron chi connectivity index (χ0n) is 12.6. The molecule has 0 saturated carbocycles. The zero-order chi connectivity index (χ0) is 16.2. The summed E-state index contributed by atoms with van der Waals surface area (Å²) in [6, 6.07) is 18.7. The number of hydrogen-bond acceptors (Lipinski definition) is 3. The highest BCUT2D eigenvalue weighted by Gasteiger charge is 2.17. The van der Waals surface area contributed by atoms with E-state index in [1.807, 2.05) is 30.5 Å². The lowest BCUT2D eigenvalue weighted by molar-refractivity contribution is 0.624. The number of thiophene rings is 1. The lowest BCUT2D eigenvalue weighted by Crippen LogP contribution is -2.12. The summed E-state index contributed by atoms with van der Waals surface area (Å²) < 4.78 is 13.8. The summed E-state index contributed by atoms with van der Waals surface area (Å²) in [4.78, 5) is 1.11. The second-order valence-electron chi connectivity index (χ2n) is 5.28. The third kappa shape index (κ3) is 3.25. The molecular weight excluding hydrogens is 307 g/mol. The first-order chi connectivity index (χ1) is 11.2. The minimum absolute atomic E-state index is 0.0427. The SMILES string of the molecule is Cc1ccc([C@H](Nc2cccc(F)c2C#N)c2cccs2)cc1. The van der Waals surface area contributed by atoms with Crippen LogP contribution in [0, 0.1) is 24.1 Å². The van der Waals surface area contributed by atoms with E-state index in [1.54, 1.807) is 23.5 Å².